The molecule has 3 N–H and O–H groups in total. The quantitative estimate of drug-likeness (QED) is 0.0128. The standard InChI is InChI=1S/C79H142O17P2/c1-5-9-13-17-21-25-29-33-36-40-44-48-52-56-60-64-77(82)90-70-75(96-79(84)66-62-58-54-50-46-42-38-35-31-27-23-19-15-11-7-3)72-94-98(87,88)92-68-73(80)67-91-97(85,86)93-71-74(69-89-76(81)63-59-55-51-47-43-39-32-28-24-20-16-12-8-4)95-78(83)65-61-57-53-49-45-41-37-34-30-26-22-18-14-10-6-2/h23,26-28,30,32-38,73-75,80H,5-22,24-25,29,31,39-72H2,1-4H3,(H,85,86)(H,87,88)/b27-23-,30-26-,32-28-,36-33-,37-34-,38-35-/t73-,74-,75-/m1/s1. The summed E-state index contributed by atoms with van der Waals surface area (Å²) in [6.45, 7) is 4.80. The average Bonchev–Trinajstić information content (AvgIpc) is 1.04. The van der Waals surface area contributed by atoms with Crippen molar-refractivity contribution in [1.29, 1.82) is 0 Å². The van der Waals surface area contributed by atoms with E-state index >= 15 is 0 Å². The van der Waals surface area contributed by atoms with Gasteiger partial charge in [-0.1, -0.05) is 261 Å². The molecule has 0 amide bonds. The summed E-state index contributed by atoms with van der Waals surface area (Å²) >= 11 is 0. The highest BCUT2D eigenvalue weighted by Crippen LogP contribution is 2.45. The maximum absolute atomic E-state index is 13.1. The fraction of sp³-hybridized carbons (Fsp3) is 0.797. The average molecular weight is 1430 g/mol. The van der Waals surface area contributed by atoms with Gasteiger partial charge in [-0.25, -0.2) is 9.13 Å². The van der Waals surface area contributed by atoms with Gasteiger partial charge in [-0.2, -0.15) is 0 Å². The minimum absolute atomic E-state index is 0.0780. The summed E-state index contributed by atoms with van der Waals surface area (Å²) in [5.74, 6) is -2.20. The first-order chi connectivity index (χ1) is 47.7. The van der Waals surface area contributed by atoms with Crippen molar-refractivity contribution in [3.05, 3.63) is 72.9 Å². The van der Waals surface area contributed by atoms with Crippen LogP contribution in [0.4, 0.5) is 0 Å². The third kappa shape index (κ3) is 70.9. The summed E-state index contributed by atoms with van der Waals surface area (Å²) < 4.78 is 68.5. The van der Waals surface area contributed by atoms with Crippen LogP contribution in [0.5, 0.6) is 0 Å². The molecule has 17 nitrogen and oxygen atoms in total. The van der Waals surface area contributed by atoms with Crippen LogP contribution >= 0.6 is 15.6 Å². The lowest BCUT2D eigenvalue weighted by Crippen LogP contribution is -2.30. The molecule has 0 aromatic heterocycles. The molecule has 0 spiro atoms. The number of carbonyl (C=O) groups excluding carboxylic acids is 4. The van der Waals surface area contributed by atoms with Gasteiger partial charge in [-0.15, -0.1) is 0 Å². The predicted molar refractivity (Wildman–Crippen MR) is 400 cm³/mol. The van der Waals surface area contributed by atoms with Crippen molar-refractivity contribution in [2.45, 2.75) is 367 Å². The topological polar surface area (TPSA) is 237 Å². The van der Waals surface area contributed by atoms with E-state index < -0.39 is 97.5 Å². The van der Waals surface area contributed by atoms with E-state index in [2.05, 4.69) is 101 Å². The van der Waals surface area contributed by atoms with E-state index in [1.807, 2.05) is 0 Å². The van der Waals surface area contributed by atoms with Gasteiger partial charge in [0.1, 0.15) is 19.3 Å². The highest BCUT2D eigenvalue weighted by molar-refractivity contribution is 7.47. The molecule has 570 valence electrons. The molecule has 0 aliphatic rings. The molecule has 2 unspecified atom stereocenters. The number of unbranched alkanes of at least 4 members (excludes halogenated alkanes) is 37. The Hall–Kier alpha value is -3.50. The summed E-state index contributed by atoms with van der Waals surface area (Å²) in [6, 6.07) is 0. The van der Waals surface area contributed by atoms with E-state index in [4.69, 9.17) is 37.0 Å². The SMILES string of the molecule is CCCCC/C=C\C/C=C\CCCCCCCC(=O)O[C@H](COC(=O)CCCCCCC/C=C\CCCCCCCC)COP(=O)(O)OC[C@H](O)COP(=O)(O)OC[C@@H](COC(=O)CCCCCCC/C=C\CCCCCC)OC(=O)CCCCCCC/C=C\C=C/CCCCCC. The molecule has 0 saturated carbocycles. The fourth-order valence-electron chi connectivity index (χ4n) is 10.6. The van der Waals surface area contributed by atoms with Gasteiger partial charge < -0.3 is 33.8 Å². The van der Waals surface area contributed by atoms with E-state index in [1.165, 1.54) is 109 Å². The number of rotatable bonds is 74. The van der Waals surface area contributed by atoms with Crippen molar-refractivity contribution in [3.63, 3.8) is 0 Å². The number of ether oxygens (including phenoxy) is 4. The zero-order chi connectivity index (χ0) is 71.8. The molecule has 19 heteroatoms. The smallest absolute Gasteiger partial charge is 0.462 e. The molecule has 0 aliphatic heterocycles. The molecule has 0 aliphatic carbocycles. The minimum atomic E-state index is -4.98. The van der Waals surface area contributed by atoms with Crippen molar-refractivity contribution in [2.24, 2.45) is 0 Å². The second kappa shape index (κ2) is 71.9. The number of hydrogen-bond donors (Lipinski definition) is 3. The van der Waals surface area contributed by atoms with Crippen LogP contribution in [0.2, 0.25) is 0 Å². The van der Waals surface area contributed by atoms with Crippen molar-refractivity contribution >= 4 is 39.5 Å². The Kier molecular flexibility index (Phi) is 69.3. The Morgan fingerprint density at radius 3 is 0.857 bits per heavy atom. The number of aliphatic hydroxyl groups excluding tert-OH is 1. The number of allylic oxidation sites excluding steroid dienone is 12. The van der Waals surface area contributed by atoms with Crippen LogP contribution in [0.25, 0.3) is 0 Å². The molecule has 0 bridgehead atoms. The largest absolute Gasteiger partial charge is 0.472 e. The van der Waals surface area contributed by atoms with Gasteiger partial charge in [-0.05, 0) is 135 Å². The zero-order valence-corrected chi connectivity index (χ0v) is 64.0. The first-order valence-corrected chi connectivity index (χ1v) is 42.2. The van der Waals surface area contributed by atoms with Gasteiger partial charge in [0, 0.05) is 25.7 Å². The Morgan fingerprint density at radius 2 is 0.531 bits per heavy atom. The van der Waals surface area contributed by atoms with E-state index in [-0.39, 0.29) is 25.7 Å². The second-order valence-corrected chi connectivity index (χ2v) is 29.2. The monoisotopic (exact) mass is 1420 g/mol. The van der Waals surface area contributed by atoms with E-state index in [0.29, 0.717) is 25.7 Å². The predicted octanol–water partition coefficient (Wildman–Crippen LogP) is 22.4. The number of esters is 4. The van der Waals surface area contributed by atoms with Gasteiger partial charge >= 0.3 is 39.5 Å². The molecule has 0 radical (unpaired) electrons. The first kappa shape index (κ1) is 94.5. The molecule has 98 heavy (non-hydrogen) atoms. The Bertz CT molecular complexity index is 2140. The van der Waals surface area contributed by atoms with Crippen molar-refractivity contribution in [1.82, 2.24) is 0 Å². The molecule has 0 fully saturated rings. The van der Waals surface area contributed by atoms with Crippen molar-refractivity contribution < 1.29 is 80.2 Å². The molecular weight excluding hydrogens is 1280 g/mol. The van der Waals surface area contributed by atoms with Gasteiger partial charge in [0.25, 0.3) is 0 Å². The number of aliphatic hydroxyl groups is 1. The van der Waals surface area contributed by atoms with Crippen LogP contribution in [0, 0.1) is 0 Å². The van der Waals surface area contributed by atoms with Gasteiger partial charge in [0.15, 0.2) is 12.2 Å². The summed E-state index contributed by atoms with van der Waals surface area (Å²) in [5.41, 5.74) is 0. The van der Waals surface area contributed by atoms with Crippen LogP contribution in [0.3, 0.4) is 0 Å². The maximum atomic E-state index is 13.1. The third-order valence-corrected chi connectivity index (χ3v) is 18.5. The van der Waals surface area contributed by atoms with Gasteiger partial charge in [0.05, 0.1) is 26.4 Å². The minimum Gasteiger partial charge on any atom is -0.462 e. The summed E-state index contributed by atoms with van der Waals surface area (Å²) in [7, 11) is -9.95. The van der Waals surface area contributed by atoms with Crippen LogP contribution in [-0.4, -0.2) is 96.7 Å². The first-order valence-electron chi connectivity index (χ1n) is 39.2. The number of phosphoric acid groups is 2. The molecule has 0 saturated heterocycles. The highest BCUT2D eigenvalue weighted by atomic mass is 31.2. The van der Waals surface area contributed by atoms with E-state index in [0.717, 1.165) is 161 Å². The van der Waals surface area contributed by atoms with Gasteiger partial charge in [-0.3, -0.25) is 37.3 Å². The zero-order valence-electron chi connectivity index (χ0n) is 62.2. The van der Waals surface area contributed by atoms with E-state index in [9.17, 15) is 43.2 Å². The second-order valence-electron chi connectivity index (χ2n) is 26.3. The lowest BCUT2D eigenvalue weighted by Gasteiger charge is -2.21. The molecule has 0 rings (SSSR count). The van der Waals surface area contributed by atoms with Crippen LogP contribution in [0.15, 0.2) is 72.9 Å². The summed E-state index contributed by atoms with van der Waals surface area (Å²) in [6.07, 6.45) is 71.6. The fourth-order valence-corrected chi connectivity index (χ4v) is 12.2. The molecule has 0 aromatic rings. The Morgan fingerprint density at radius 1 is 0.296 bits per heavy atom. The third-order valence-electron chi connectivity index (χ3n) is 16.6. The number of carbonyl (C=O) groups is 4. The van der Waals surface area contributed by atoms with Crippen LogP contribution in [0.1, 0.15) is 349 Å². The Balaban J connectivity index is 5.37. The summed E-state index contributed by atoms with van der Waals surface area (Å²) in [4.78, 5) is 72.9. The lowest BCUT2D eigenvalue weighted by atomic mass is 10.1. The van der Waals surface area contributed by atoms with Crippen LogP contribution in [-0.2, 0) is 65.4 Å². The highest BCUT2D eigenvalue weighted by Gasteiger charge is 2.30. The van der Waals surface area contributed by atoms with Gasteiger partial charge in [0.2, 0.25) is 0 Å². The van der Waals surface area contributed by atoms with Crippen LogP contribution < -0.4 is 0 Å². The summed E-state index contributed by atoms with van der Waals surface area (Å²) in [5, 5.41) is 10.6. The van der Waals surface area contributed by atoms with Crippen molar-refractivity contribution in [3.8, 4) is 0 Å². The molecule has 0 heterocycles. The molecular formula is C79H142O17P2. The van der Waals surface area contributed by atoms with E-state index in [1.54, 1.807) is 0 Å². The van der Waals surface area contributed by atoms with Crippen molar-refractivity contribution in [2.75, 3.05) is 39.6 Å². The number of phosphoric ester groups is 2. The molecule has 5 atom stereocenters. The number of hydrogen-bond acceptors (Lipinski definition) is 15. The normalized spacial score (nSPS) is 14.3. The lowest BCUT2D eigenvalue weighted by molar-refractivity contribution is -0.161. The molecule has 0 aromatic carbocycles. The maximum Gasteiger partial charge on any atom is 0.472 e. The Labute approximate surface area is 596 Å².